The number of benzene rings is 2. The number of esters is 1. The lowest BCUT2D eigenvalue weighted by Crippen LogP contribution is -2.43. The summed E-state index contributed by atoms with van der Waals surface area (Å²) in [6.07, 6.45) is 3.50. The number of nitrogens with zero attached hydrogens (tertiary/aromatic N) is 1. The zero-order chi connectivity index (χ0) is 20.6. The van der Waals surface area contributed by atoms with E-state index in [1.807, 2.05) is 43.3 Å². The van der Waals surface area contributed by atoms with Crippen molar-refractivity contribution in [2.45, 2.75) is 44.9 Å². The first-order valence-corrected chi connectivity index (χ1v) is 9.87. The first-order chi connectivity index (χ1) is 13.9. The second-order valence-corrected chi connectivity index (χ2v) is 7.82. The van der Waals surface area contributed by atoms with Crippen LogP contribution in [0, 0.1) is 0 Å². The third-order valence-electron chi connectivity index (χ3n) is 5.66. The zero-order valence-corrected chi connectivity index (χ0v) is 17.0. The molecule has 5 nitrogen and oxygen atoms in total. The summed E-state index contributed by atoms with van der Waals surface area (Å²) in [6, 6.07) is 15.0. The molecule has 2 aromatic carbocycles. The van der Waals surface area contributed by atoms with E-state index in [0.717, 1.165) is 23.2 Å². The van der Waals surface area contributed by atoms with Crippen LogP contribution in [0.25, 0.3) is 0 Å². The number of para-hydroxylation sites is 1. The highest BCUT2D eigenvalue weighted by molar-refractivity contribution is 6.07. The van der Waals surface area contributed by atoms with Crippen LogP contribution in [0.5, 0.6) is 0 Å². The first kappa shape index (κ1) is 19.4. The molecule has 2 aliphatic rings. The summed E-state index contributed by atoms with van der Waals surface area (Å²) in [5.41, 5.74) is 3.43. The number of amides is 1. The Morgan fingerprint density at radius 3 is 2.66 bits per heavy atom. The zero-order valence-electron chi connectivity index (χ0n) is 17.0. The van der Waals surface area contributed by atoms with Crippen molar-refractivity contribution in [3.05, 3.63) is 76.9 Å². The molecule has 0 saturated carbocycles. The molecular weight excluding hydrogens is 366 g/mol. The third kappa shape index (κ3) is 3.36. The fourth-order valence-corrected chi connectivity index (χ4v) is 4.25. The predicted octanol–water partition coefficient (Wildman–Crippen LogP) is 4.36. The molecule has 5 heteroatoms. The number of carbonyl (C=O) groups excluding carboxylic acids is 2. The highest BCUT2D eigenvalue weighted by Gasteiger charge is 2.53. The Bertz CT molecular complexity index is 979. The number of hydrogen-bond acceptors (Lipinski definition) is 4. The molecule has 2 aromatic rings. The van der Waals surface area contributed by atoms with Gasteiger partial charge in [-0.25, -0.2) is 4.79 Å². The lowest BCUT2D eigenvalue weighted by atomic mass is 9.88. The largest absolute Gasteiger partial charge is 0.465 e. The maximum Gasteiger partial charge on any atom is 0.337 e. The second-order valence-electron chi connectivity index (χ2n) is 7.82. The summed E-state index contributed by atoms with van der Waals surface area (Å²) in [7, 11) is 1.36. The fraction of sp³-hybridized carbons (Fsp3) is 0.333. The van der Waals surface area contributed by atoms with Crippen molar-refractivity contribution < 1.29 is 19.1 Å². The van der Waals surface area contributed by atoms with Gasteiger partial charge >= 0.3 is 5.97 Å². The standard InChI is InChI=1S/C24H25NO4/c1-16-8-9-17(2)29-24(14-16)20-6-4-5-7-21(20)25(23(24)27)15-18-10-12-19(13-11-18)22(26)28-3/h4-8,10-13,17H,9,14-15H2,1-3H3/t17-,24-/m1/s1. The number of methoxy groups -OCH3 is 1. The van der Waals surface area contributed by atoms with Crippen LogP contribution in [0.4, 0.5) is 5.69 Å². The number of anilines is 1. The SMILES string of the molecule is COC(=O)c1ccc(CN2C(=O)[C@@]3(CC(C)=CC[C@@H](C)O3)c3ccccc32)cc1. The predicted molar refractivity (Wildman–Crippen MR) is 111 cm³/mol. The molecule has 0 fully saturated rings. The van der Waals surface area contributed by atoms with E-state index in [2.05, 4.69) is 13.0 Å². The monoisotopic (exact) mass is 391 g/mol. The van der Waals surface area contributed by atoms with Gasteiger partial charge in [0.1, 0.15) is 0 Å². The Kier molecular flexibility index (Phi) is 5.01. The maximum absolute atomic E-state index is 13.7. The molecule has 1 spiro atoms. The summed E-state index contributed by atoms with van der Waals surface area (Å²) < 4.78 is 11.2. The van der Waals surface area contributed by atoms with Crippen molar-refractivity contribution in [3.63, 3.8) is 0 Å². The summed E-state index contributed by atoms with van der Waals surface area (Å²) >= 11 is 0. The first-order valence-electron chi connectivity index (χ1n) is 9.87. The van der Waals surface area contributed by atoms with E-state index in [0.29, 0.717) is 18.5 Å². The molecular formula is C24H25NO4. The number of fused-ring (bicyclic) bond motifs is 2. The Morgan fingerprint density at radius 2 is 1.93 bits per heavy atom. The van der Waals surface area contributed by atoms with Crippen molar-refractivity contribution in [2.75, 3.05) is 12.0 Å². The third-order valence-corrected chi connectivity index (χ3v) is 5.66. The van der Waals surface area contributed by atoms with Gasteiger partial charge in [-0.15, -0.1) is 0 Å². The fourth-order valence-electron chi connectivity index (χ4n) is 4.25. The molecule has 29 heavy (non-hydrogen) atoms. The van der Waals surface area contributed by atoms with Gasteiger partial charge in [0.15, 0.2) is 5.60 Å². The number of ether oxygens (including phenoxy) is 2. The molecule has 0 N–H and O–H groups in total. The van der Waals surface area contributed by atoms with Gasteiger partial charge in [-0.1, -0.05) is 42.0 Å². The van der Waals surface area contributed by atoms with Crippen LogP contribution in [-0.2, 0) is 26.4 Å². The minimum atomic E-state index is -0.973. The lowest BCUT2D eigenvalue weighted by molar-refractivity contribution is -0.150. The van der Waals surface area contributed by atoms with Crippen molar-refractivity contribution >= 4 is 17.6 Å². The molecule has 0 aromatic heterocycles. The van der Waals surface area contributed by atoms with E-state index in [1.54, 1.807) is 17.0 Å². The second kappa shape index (κ2) is 7.48. The van der Waals surface area contributed by atoms with Crippen molar-refractivity contribution in [1.82, 2.24) is 0 Å². The number of rotatable bonds is 3. The van der Waals surface area contributed by atoms with Gasteiger partial charge in [0.2, 0.25) is 0 Å². The average Bonchev–Trinajstić information content (AvgIpc) is 2.85. The van der Waals surface area contributed by atoms with Gasteiger partial charge in [0.25, 0.3) is 5.91 Å². The molecule has 2 heterocycles. The molecule has 0 bridgehead atoms. The van der Waals surface area contributed by atoms with Crippen LogP contribution in [0.1, 0.15) is 48.2 Å². The molecule has 0 unspecified atom stereocenters. The molecule has 150 valence electrons. The molecule has 2 atom stereocenters. The van der Waals surface area contributed by atoms with E-state index in [9.17, 15) is 9.59 Å². The molecule has 1 amide bonds. The maximum atomic E-state index is 13.7. The molecule has 0 radical (unpaired) electrons. The highest BCUT2D eigenvalue weighted by Crippen LogP contribution is 2.48. The van der Waals surface area contributed by atoms with Crippen LogP contribution in [-0.4, -0.2) is 25.1 Å². The van der Waals surface area contributed by atoms with Crippen LogP contribution in [0.15, 0.2) is 60.2 Å². The van der Waals surface area contributed by atoms with Gasteiger partial charge in [-0.3, -0.25) is 4.79 Å². The van der Waals surface area contributed by atoms with E-state index >= 15 is 0 Å². The Morgan fingerprint density at radius 1 is 1.21 bits per heavy atom. The van der Waals surface area contributed by atoms with Crippen molar-refractivity contribution in [3.8, 4) is 0 Å². The van der Waals surface area contributed by atoms with E-state index < -0.39 is 5.60 Å². The summed E-state index contributed by atoms with van der Waals surface area (Å²) in [6.45, 7) is 4.49. The van der Waals surface area contributed by atoms with Gasteiger partial charge in [0, 0.05) is 12.0 Å². The summed E-state index contributed by atoms with van der Waals surface area (Å²) in [5.74, 6) is -0.404. The van der Waals surface area contributed by atoms with Crippen LogP contribution < -0.4 is 4.90 Å². The Balaban J connectivity index is 1.70. The number of carbonyl (C=O) groups is 2. The highest BCUT2D eigenvalue weighted by atomic mass is 16.5. The molecule has 4 rings (SSSR count). The van der Waals surface area contributed by atoms with Gasteiger partial charge in [0.05, 0.1) is 31.0 Å². The summed E-state index contributed by atoms with van der Waals surface area (Å²) in [5, 5.41) is 0. The molecule has 2 aliphatic heterocycles. The van der Waals surface area contributed by atoms with Gasteiger partial charge < -0.3 is 14.4 Å². The van der Waals surface area contributed by atoms with E-state index in [-0.39, 0.29) is 18.0 Å². The minimum Gasteiger partial charge on any atom is -0.465 e. The topological polar surface area (TPSA) is 55.8 Å². The number of hydrogen-bond donors (Lipinski definition) is 0. The lowest BCUT2D eigenvalue weighted by Gasteiger charge is -2.30. The van der Waals surface area contributed by atoms with Crippen molar-refractivity contribution in [1.29, 1.82) is 0 Å². The Labute approximate surface area is 170 Å². The van der Waals surface area contributed by atoms with Crippen LogP contribution >= 0.6 is 0 Å². The quantitative estimate of drug-likeness (QED) is 0.576. The van der Waals surface area contributed by atoms with Crippen LogP contribution in [0.2, 0.25) is 0 Å². The van der Waals surface area contributed by atoms with E-state index in [1.165, 1.54) is 12.7 Å². The van der Waals surface area contributed by atoms with Crippen LogP contribution in [0.3, 0.4) is 0 Å². The Hall–Kier alpha value is -2.92. The molecule has 0 saturated heterocycles. The van der Waals surface area contributed by atoms with Crippen molar-refractivity contribution in [2.24, 2.45) is 0 Å². The van der Waals surface area contributed by atoms with Gasteiger partial charge in [-0.05, 0) is 44.0 Å². The van der Waals surface area contributed by atoms with E-state index in [4.69, 9.17) is 9.47 Å². The minimum absolute atomic E-state index is 0.0303. The summed E-state index contributed by atoms with van der Waals surface area (Å²) in [4.78, 5) is 27.2. The molecule has 0 aliphatic carbocycles. The van der Waals surface area contributed by atoms with Gasteiger partial charge in [-0.2, -0.15) is 0 Å². The normalized spacial score (nSPS) is 23.6. The smallest absolute Gasteiger partial charge is 0.337 e. The average molecular weight is 391 g/mol.